The van der Waals surface area contributed by atoms with E-state index >= 15 is 0 Å². The second kappa shape index (κ2) is 7.53. The van der Waals surface area contributed by atoms with E-state index in [-0.39, 0.29) is 12.5 Å². The van der Waals surface area contributed by atoms with Gasteiger partial charge in [-0.2, -0.15) is 0 Å². The van der Waals surface area contributed by atoms with Crippen LogP contribution in [0.3, 0.4) is 0 Å². The average molecular weight is 278 g/mol. The fourth-order valence-corrected chi connectivity index (χ4v) is 1.60. The summed E-state index contributed by atoms with van der Waals surface area (Å²) in [6, 6.07) is 6.57. The van der Waals surface area contributed by atoms with E-state index in [0.29, 0.717) is 29.6 Å². The van der Waals surface area contributed by atoms with Gasteiger partial charge in [-0.05, 0) is 29.5 Å². The van der Waals surface area contributed by atoms with Crippen molar-refractivity contribution >= 4 is 17.7 Å². The summed E-state index contributed by atoms with van der Waals surface area (Å²) >= 11 is 0. The lowest BCUT2D eigenvalue weighted by molar-refractivity contribution is -0.136. The number of rotatable bonds is 6. The molecule has 2 amide bonds. The highest BCUT2D eigenvalue weighted by Crippen LogP contribution is 2.11. The summed E-state index contributed by atoms with van der Waals surface area (Å²) in [7, 11) is 0. The molecule has 0 radical (unpaired) electrons. The third kappa shape index (κ3) is 5.73. The molecule has 1 aromatic rings. The zero-order valence-electron chi connectivity index (χ0n) is 12.1. The predicted octanol–water partition coefficient (Wildman–Crippen LogP) is 2.73. The highest BCUT2D eigenvalue weighted by Gasteiger charge is 2.09. The Morgan fingerprint density at radius 1 is 1.25 bits per heavy atom. The normalized spacial score (nSPS) is 12.0. The van der Waals surface area contributed by atoms with Gasteiger partial charge in [0.05, 0.1) is 6.42 Å². The van der Waals surface area contributed by atoms with Crippen LogP contribution in [-0.2, 0) is 11.2 Å². The Bertz CT molecular complexity index is 472. The third-order valence-electron chi connectivity index (χ3n) is 3.26. The van der Waals surface area contributed by atoms with Crippen molar-refractivity contribution in [1.29, 1.82) is 0 Å². The largest absolute Gasteiger partial charge is 0.481 e. The number of carbonyl (C=O) groups is 2. The maximum Gasteiger partial charge on any atom is 0.319 e. The number of benzene rings is 1. The Kier molecular flexibility index (Phi) is 6.03. The summed E-state index contributed by atoms with van der Waals surface area (Å²) in [6.45, 7) is 6.91. The van der Waals surface area contributed by atoms with E-state index in [1.807, 2.05) is 0 Å². The number of carboxylic acid groups (broad SMARTS) is 1. The maximum absolute atomic E-state index is 11.7. The Labute approximate surface area is 119 Å². The Balaban J connectivity index is 2.51. The first-order valence-electron chi connectivity index (χ1n) is 6.74. The van der Waals surface area contributed by atoms with Crippen LogP contribution in [0.25, 0.3) is 0 Å². The molecule has 0 heterocycles. The van der Waals surface area contributed by atoms with Crippen LogP contribution in [0.15, 0.2) is 24.3 Å². The third-order valence-corrected chi connectivity index (χ3v) is 3.26. The van der Waals surface area contributed by atoms with Gasteiger partial charge in [0.2, 0.25) is 0 Å². The number of anilines is 1. The second-order valence-electron chi connectivity index (χ2n) is 5.33. The first-order chi connectivity index (χ1) is 9.38. The van der Waals surface area contributed by atoms with Gasteiger partial charge < -0.3 is 15.7 Å². The van der Waals surface area contributed by atoms with Crippen molar-refractivity contribution in [2.75, 3.05) is 11.9 Å². The minimum atomic E-state index is -0.891. The Hall–Kier alpha value is -2.04. The minimum Gasteiger partial charge on any atom is -0.481 e. The molecule has 110 valence electrons. The number of urea groups is 1. The molecule has 0 bridgehead atoms. The van der Waals surface area contributed by atoms with E-state index in [9.17, 15) is 9.59 Å². The highest BCUT2D eigenvalue weighted by atomic mass is 16.4. The Morgan fingerprint density at radius 2 is 1.95 bits per heavy atom. The summed E-state index contributed by atoms with van der Waals surface area (Å²) in [5, 5.41) is 14.3. The van der Waals surface area contributed by atoms with Gasteiger partial charge in [-0.15, -0.1) is 0 Å². The van der Waals surface area contributed by atoms with E-state index in [1.54, 1.807) is 24.3 Å². The summed E-state index contributed by atoms with van der Waals surface area (Å²) < 4.78 is 0. The van der Waals surface area contributed by atoms with Crippen molar-refractivity contribution in [1.82, 2.24) is 5.32 Å². The van der Waals surface area contributed by atoms with E-state index in [4.69, 9.17) is 5.11 Å². The predicted molar refractivity (Wildman–Crippen MR) is 78.8 cm³/mol. The summed E-state index contributed by atoms with van der Waals surface area (Å²) in [5.74, 6) is 0.0191. The molecule has 0 aliphatic rings. The van der Waals surface area contributed by atoms with Crippen LogP contribution in [0.5, 0.6) is 0 Å². The van der Waals surface area contributed by atoms with Gasteiger partial charge in [0, 0.05) is 12.2 Å². The van der Waals surface area contributed by atoms with Gasteiger partial charge in [-0.3, -0.25) is 4.79 Å². The van der Waals surface area contributed by atoms with E-state index < -0.39 is 5.97 Å². The maximum atomic E-state index is 11.7. The van der Waals surface area contributed by atoms with E-state index in [0.717, 1.165) is 0 Å². The smallest absolute Gasteiger partial charge is 0.319 e. The monoisotopic (exact) mass is 278 g/mol. The molecule has 0 saturated heterocycles. The quantitative estimate of drug-likeness (QED) is 0.748. The lowest BCUT2D eigenvalue weighted by Crippen LogP contribution is -2.33. The molecule has 0 aliphatic carbocycles. The van der Waals surface area contributed by atoms with Crippen molar-refractivity contribution in [3.63, 3.8) is 0 Å². The van der Waals surface area contributed by atoms with Gasteiger partial charge in [0.1, 0.15) is 0 Å². The summed E-state index contributed by atoms with van der Waals surface area (Å²) in [6.07, 6.45) is -0.0540. The molecule has 0 saturated carbocycles. The van der Waals surface area contributed by atoms with Crippen molar-refractivity contribution in [2.24, 2.45) is 11.8 Å². The number of carbonyl (C=O) groups excluding carboxylic acids is 1. The molecule has 3 N–H and O–H groups in total. The molecule has 1 aromatic carbocycles. The molecule has 5 heteroatoms. The molecule has 0 fully saturated rings. The van der Waals surface area contributed by atoms with Gasteiger partial charge in [-0.25, -0.2) is 4.79 Å². The molecule has 1 atom stereocenters. The van der Waals surface area contributed by atoms with Gasteiger partial charge >= 0.3 is 12.0 Å². The highest BCUT2D eigenvalue weighted by molar-refractivity contribution is 5.89. The average Bonchev–Trinajstić information content (AvgIpc) is 2.35. The van der Waals surface area contributed by atoms with E-state index in [1.165, 1.54) is 0 Å². The second-order valence-corrected chi connectivity index (χ2v) is 5.33. The zero-order valence-corrected chi connectivity index (χ0v) is 12.1. The van der Waals surface area contributed by atoms with E-state index in [2.05, 4.69) is 31.4 Å². The standard InChI is InChI=1S/C15H22N2O3/c1-10(2)11(3)9-16-15(20)17-13-6-4-5-12(7-13)8-14(18)19/h4-7,10-11H,8-9H2,1-3H3,(H,18,19)(H2,16,17,20). The molecule has 1 rings (SSSR count). The van der Waals surface area contributed by atoms with Crippen LogP contribution in [0.1, 0.15) is 26.3 Å². The van der Waals surface area contributed by atoms with Crippen LogP contribution in [-0.4, -0.2) is 23.7 Å². The molecule has 0 aromatic heterocycles. The van der Waals surface area contributed by atoms with Gasteiger partial charge in [0.15, 0.2) is 0 Å². The molecular weight excluding hydrogens is 256 g/mol. The number of nitrogens with one attached hydrogen (secondary N) is 2. The minimum absolute atomic E-state index is 0.0540. The fraction of sp³-hybridized carbons (Fsp3) is 0.467. The zero-order chi connectivity index (χ0) is 15.1. The van der Waals surface area contributed by atoms with Crippen LogP contribution in [0.2, 0.25) is 0 Å². The topological polar surface area (TPSA) is 78.4 Å². The van der Waals surface area contributed by atoms with Crippen LogP contribution >= 0.6 is 0 Å². The summed E-state index contributed by atoms with van der Waals surface area (Å²) in [5.41, 5.74) is 1.25. The number of amides is 2. The van der Waals surface area contributed by atoms with Crippen LogP contribution in [0, 0.1) is 11.8 Å². The lowest BCUT2D eigenvalue weighted by Gasteiger charge is -2.16. The lowest BCUT2D eigenvalue weighted by atomic mass is 9.98. The van der Waals surface area contributed by atoms with Crippen LogP contribution in [0.4, 0.5) is 10.5 Å². The van der Waals surface area contributed by atoms with Crippen molar-refractivity contribution in [3.8, 4) is 0 Å². The number of hydrogen-bond donors (Lipinski definition) is 3. The van der Waals surface area contributed by atoms with Gasteiger partial charge in [-0.1, -0.05) is 32.9 Å². The molecule has 0 spiro atoms. The number of carboxylic acids is 1. The molecule has 0 aliphatic heterocycles. The molecule has 1 unspecified atom stereocenters. The van der Waals surface area contributed by atoms with Crippen LogP contribution < -0.4 is 10.6 Å². The van der Waals surface area contributed by atoms with Crippen molar-refractivity contribution < 1.29 is 14.7 Å². The molecular formula is C15H22N2O3. The van der Waals surface area contributed by atoms with Crippen molar-refractivity contribution in [2.45, 2.75) is 27.2 Å². The first kappa shape index (κ1) is 16.0. The fourth-order valence-electron chi connectivity index (χ4n) is 1.60. The summed E-state index contributed by atoms with van der Waals surface area (Å²) in [4.78, 5) is 22.4. The first-order valence-corrected chi connectivity index (χ1v) is 6.74. The SMILES string of the molecule is CC(C)C(C)CNC(=O)Nc1cccc(CC(=O)O)c1. The molecule has 5 nitrogen and oxygen atoms in total. The number of aliphatic carboxylic acids is 1. The van der Waals surface area contributed by atoms with Crippen molar-refractivity contribution in [3.05, 3.63) is 29.8 Å². The van der Waals surface area contributed by atoms with Gasteiger partial charge in [0.25, 0.3) is 0 Å². The Morgan fingerprint density at radius 3 is 2.55 bits per heavy atom. The number of hydrogen-bond acceptors (Lipinski definition) is 2. The molecule has 20 heavy (non-hydrogen) atoms.